The van der Waals surface area contributed by atoms with Gasteiger partial charge in [-0.3, -0.25) is 4.79 Å². The summed E-state index contributed by atoms with van der Waals surface area (Å²) in [5, 5.41) is 17.0. The van der Waals surface area contributed by atoms with E-state index < -0.39 is 0 Å². The average molecular weight is 305 g/mol. The van der Waals surface area contributed by atoms with Crippen LogP contribution in [-0.2, 0) is 11.2 Å². The number of hydrogen-bond donors (Lipinski definition) is 1. The van der Waals surface area contributed by atoms with E-state index in [9.17, 15) is 4.79 Å². The monoisotopic (exact) mass is 305 g/mol. The Bertz CT molecular complexity index is 653. The third-order valence-corrected chi connectivity index (χ3v) is 5.24. The fourth-order valence-corrected chi connectivity index (χ4v) is 3.80. The first-order chi connectivity index (χ1) is 10.3. The number of rotatable bonds is 5. The second-order valence-electron chi connectivity index (χ2n) is 6.07. The van der Waals surface area contributed by atoms with Gasteiger partial charge in [0, 0.05) is 24.8 Å². The third kappa shape index (κ3) is 2.79. The average Bonchev–Trinajstić information content (AvgIpc) is 2.88. The van der Waals surface area contributed by atoms with E-state index in [2.05, 4.69) is 20.6 Å². The summed E-state index contributed by atoms with van der Waals surface area (Å²) in [5.41, 5.74) is 0. The number of aromatic nitrogens is 4. The van der Waals surface area contributed by atoms with Gasteiger partial charge in [-0.2, -0.15) is 9.61 Å². The van der Waals surface area contributed by atoms with E-state index in [-0.39, 0.29) is 5.91 Å². The van der Waals surface area contributed by atoms with E-state index in [0.29, 0.717) is 24.8 Å². The molecule has 2 aromatic heterocycles. The van der Waals surface area contributed by atoms with Crippen LogP contribution in [0.25, 0.3) is 4.96 Å². The van der Waals surface area contributed by atoms with Crippen LogP contribution in [0.15, 0.2) is 0 Å². The maximum atomic E-state index is 11.9. The SMILES string of the molecule is O=C(CCc1nn2c(C3CC3)nnc2s1)NC1CCCC1. The number of fused-ring (bicyclic) bond motifs is 1. The van der Waals surface area contributed by atoms with Crippen LogP contribution in [0.4, 0.5) is 0 Å². The zero-order valence-corrected chi connectivity index (χ0v) is 12.7. The molecule has 0 saturated heterocycles. The molecule has 0 unspecified atom stereocenters. The summed E-state index contributed by atoms with van der Waals surface area (Å²) in [4.78, 5) is 12.8. The van der Waals surface area contributed by atoms with Gasteiger partial charge in [-0.15, -0.1) is 10.2 Å². The molecule has 0 atom stereocenters. The minimum Gasteiger partial charge on any atom is -0.353 e. The molecule has 4 rings (SSSR count). The van der Waals surface area contributed by atoms with Gasteiger partial charge in [0.1, 0.15) is 5.01 Å². The van der Waals surface area contributed by atoms with Crippen LogP contribution in [0.1, 0.15) is 61.7 Å². The molecule has 2 aliphatic carbocycles. The van der Waals surface area contributed by atoms with Crippen LogP contribution in [0.3, 0.4) is 0 Å². The van der Waals surface area contributed by atoms with Crippen molar-refractivity contribution in [1.82, 2.24) is 25.1 Å². The van der Waals surface area contributed by atoms with E-state index in [1.807, 2.05) is 4.52 Å². The summed E-state index contributed by atoms with van der Waals surface area (Å²) in [6.07, 6.45) is 8.34. The van der Waals surface area contributed by atoms with Crippen molar-refractivity contribution in [3.05, 3.63) is 10.8 Å². The number of amides is 1. The van der Waals surface area contributed by atoms with Crippen molar-refractivity contribution in [2.24, 2.45) is 0 Å². The summed E-state index contributed by atoms with van der Waals surface area (Å²) < 4.78 is 1.87. The molecule has 6 nitrogen and oxygen atoms in total. The zero-order chi connectivity index (χ0) is 14.2. The molecule has 1 N–H and O–H groups in total. The molecule has 0 radical (unpaired) electrons. The van der Waals surface area contributed by atoms with Gasteiger partial charge in [0.2, 0.25) is 10.9 Å². The molecule has 1 amide bonds. The summed E-state index contributed by atoms with van der Waals surface area (Å²) in [7, 11) is 0. The second-order valence-corrected chi connectivity index (χ2v) is 7.11. The molecule has 0 bridgehead atoms. The Morgan fingerprint density at radius 2 is 2.05 bits per heavy atom. The van der Waals surface area contributed by atoms with E-state index >= 15 is 0 Å². The van der Waals surface area contributed by atoms with Crippen LogP contribution in [0.5, 0.6) is 0 Å². The Labute approximate surface area is 126 Å². The first kappa shape index (κ1) is 13.2. The van der Waals surface area contributed by atoms with Crippen molar-refractivity contribution >= 4 is 22.2 Å². The molecule has 21 heavy (non-hydrogen) atoms. The van der Waals surface area contributed by atoms with Crippen molar-refractivity contribution in [2.45, 2.75) is 63.3 Å². The Hall–Kier alpha value is -1.50. The Balaban J connectivity index is 1.36. The second kappa shape index (κ2) is 5.36. The zero-order valence-electron chi connectivity index (χ0n) is 11.9. The van der Waals surface area contributed by atoms with Crippen molar-refractivity contribution in [3.63, 3.8) is 0 Å². The van der Waals surface area contributed by atoms with Gasteiger partial charge in [0.05, 0.1) is 0 Å². The summed E-state index contributed by atoms with van der Waals surface area (Å²) in [6, 6.07) is 0.400. The normalized spacial score (nSPS) is 19.4. The van der Waals surface area contributed by atoms with Gasteiger partial charge in [-0.05, 0) is 25.7 Å². The lowest BCUT2D eigenvalue weighted by Crippen LogP contribution is -2.32. The summed E-state index contributed by atoms with van der Waals surface area (Å²) in [5.74, 6) is 1.68. The molecule has 2 saturated carbocycles. The number of nitrogens with one attached hydrogen (secondary N) is 1. The molecule has 0 aromatic carbocycles. The highest BCUT2D eigenvalue weighted by Crippen LogP contribution is 2.39. The fraction of sp³-hybridized carbons (Fsp3) is 0.714. The number of aryl methyl sites for hydroxylation is 1. The molecule has 0 aliphatic heterocycles. The van der Waals surface area contributed by atoms with Gasteiger partial charge in [-0.25, -0.2) is 0 Å². The molecular formula is C14H19N5OS. The summed E-state index contributed by atoms with van der Waals surface area (Å²) in [6.45, 7) is 0. The minimum absolute atomic E-state index is 0.148. The van der Waals surface area contributed by atoms with Crippen molar-refractivity contribution in [2.75, 3.05) is 0 Å². The molecular weight excluding hydrogens is 286 g/mol. The van der Waals surface area contributed by atoms with Crippen LogP contribution < -0.4 is 5.32 Å². The first-order valence-corrected chi connectivity index (χ1v) is 8.61. The summed E-state index contributed by atoms with van der Waals surface area (Å²) >= 11 is 1.55. The lowest BCUT2D eigenvalue weighted by Gasteiger charge is -2.10. The molecule has 2 heterocycles. The Morgan fingerprint density at radius 3 is 2.81 bits per heavy atom. The number of carbonyl (C=O) groups is 1. The Kier molecular flexibility index (Phi) is 3.37. The third-order valence-electron chi connectivity index (χ3n) is 4.29. The molecule has 0 spiro atoms. The quantitative estimate of drug-likeness (QED) is 0.917. The smallest absolute Gasteiger partial charge is 0.234 e. The van der Waals surface area contributed by atoms with E-state index in [1.165, 1.54) is 25.7 Å². The standard InChI is InChI=1S/C14H19N5OS/c20-11(15-10-3-1-2-4-10)7-8-12-18-19-13(9-5-6-9)16-17-14(19)21-12/h9-10H,1-8H2,(H,15,20). The van der Waals surface area contributed by atoms with Crippen molar-refractivity contribution in [1.29, 1.82) is 0 Å². The van der Waals surface area contributed by atoms with Gasteiger partial charge in [0.25, 0.3) is 0 Å². The largest absolute Gasteiger partial charge is 0.353 e. The maximum absolute atomic E-state index is 11.9. The van der Waals surface area contributed by atoms with Crippen molar-refractivity contribution in [3.8, 4) is 0 Å². The maximum Gasteiger partial charge on any atom is 0.234 e. The molecule has 2 aliphatic rings. The van der Waals surface area contributed by atoms with Crippen LogP contribution >= 0.6 is 11.3 Å². The van der Waals surface area contributed by atoms with Gasteiger partial charge >= 0.3 is 0 Å². The number of hydrogen-bond acceptors (Lipinski definition) is 5. The van der Waals surface area contributed by atoms with Crippen LogP contribution in [0.2, 0.25) is 0 Å². The highest BCUT2D eigenvalue weighted by atomic mass is 32.1. The number of nitrogens with zero attached hydrogens (tertiary/aromatic N) is 4. The van der Waals surface area contributed by atoms with Gasteiger partial charge in [0.15, 0.2) is 5.82 Å². The van der Waals surface area contributed by atoms with E-state index in [1.54, 1.807) is 11.3 Å². The molecule has 2 fully saturated rings. The van der Waals surface area contributed by atoms with Gasteiger partial charge in [-0.1, -0.05) is 24.2 Å². The van der Waals surface area contributed by atoms with Gasteiger partial charge < -0.3 is 5.32 Å². The topological polar surface area (TPSA) is 72.2 Å². The predicted molar refractivity (Wildman–Crippen MR) is 79.4 cm³/mol. The molecule has 7 heteroatoms. The predicted octanol–water partition coefficient (Wildman–Crippen LogP) is 2.05. The lowest BCUT2D eigenvalue weighted by atomic mass is 10.2. The van der Waals surface area contributed by atoms with Crippen molar-refractivity contribution < 1.29 is 4.79 Å². The lowest BCUT2D eigenvalue weighted by molar-refractivity contribution is -0.121. The number of carbonyl (C=O) groups excluding carboxylic acids is 1. The van der Waals surface area contributed by atoms with E-state index in [4.69, 9.17) is 0 Å². The fourth-order valence-electron chi connectivity index (χ4n) is 2.96. The van der Waals surface area contributed by atoms with Crippen LogP contribution in [-0.4, -0.2) is 31.8 Å². The first-order valence-electron chi connectivity index (χ1n) is 7.80. The highest BCUT2D eigenvalue weighted by molar-refractivity contribution is 7.16. The molecule has 2 aromatic rings. The minimum atomic E-state index is 0.148. The van der Waals surface area contributed by atoms with E-state index in [0.717, 1.165) is 28.6 Å². The molecule has 112 valence electrons. The van der Waals surface area contributed by atoms with Crippen LogP contribution in [0, 0.1) is 0 Å². The highest BCUT2D eigenvalue weighted by Gasteiger charge is 2.30. The Morgan fingerprint density at radius 1 is 1.24 bits per heavy atom.